The number of aliphatic hydroxyl groups is 4. The van der Waals surface area contributed by atoms with E-state index in [1.807, 2.05) is 0 Å². The molecule has 0 atom stereocenters. The quantitative estimate of drug-likeness (QED) is 0.166. The molecule has 0 aliphatic heterocycles. The Kier molecular flexibility index (Phi) is 40.8. The highest BCUT2D eigenvalue weighted by atomic mass is 16.6. The molecule has 0 aliphatic rings. The van der Waals surface area contributed by atoms with Crippen molar-refractivity contribution < 1.29 is 58.6 Å². The first kappa shape index (κ1) is 36.6. The maximum atomic E-state index is 9.91. The van der Waals surface area contributed by atoms with Crippen molar-refractivity contribution in [1.29, 1.82) is 0 Å². The van der Waals surface area contributed by atoms with Crippen molar-refractivity contribution in [3.63, 3.8) is 0 Å². The largest absolute Gasteiger partial charge is 0.436 e. The highest BCUT2D eigenvalue weighted by molar-refractivity contribution is 5.82. The van der Waals surface area contributed by atoms with Crippen molar-refractivity contribution in [3.8, 4) is 0 Å². The van der Waals surface area contributed by atoms with Crippen LogP contribution in [0.1, 0.15) is 7.43 Å². The molecule has 0 saturated heterocycles. The molecule has 4 N–H and O–H groups in total. The summed E-state index contributed by atoms with van der Waals surface area (Å²) in [6.07, 6.45) is 3.93. The van der Waals surface area contributed by atoms with E-state index in [9.17, 15) is 19.2 Å². The first-order chi connectivity index (χ1) is 13.2. The smallest absolute Gasteiger partial charge is 0.332 e. The number of carbonyl (C=O) groups excluding carboxylic acids is 4. The van der Waals surface area contributed by atoms with Gasteiger partial charge in [-0.1, -0.05) is 33.7 Å². The van der Waals surface area contributed by atoms with Crippen LogP contribution < -0.4 is 0 Å². The van der Waals surface area contributed by atoms with Gasteiger partial charge in [-0.25, -0.2) is 19.2 Å². The van der Waals surface area contributed by atoms with E-state index in [4.69, 9.17) is 20.4 Å². The van der Waals surface area contributed by atoms with Crippen molar-refractivity contribution >= 4 is 23.9 Å². The molecule has 168 valence electrons. The van der Waals surface area contributed by atoms with E-state index >= 15 is 0 Å². The van der Waals surface area contributed by atoms with Crippen LogP contribution >= 0.6 is 0 Å². The molecule has 0 aromatic carbocycles. The SMILES string of the molecule is C.C=CC(=O)OCO.C=CC(=O)OCO.C=CC(=O)OCO.C=CC(=O)OCO. The van der Waals surface area contributed by atoms with Gasteiger partial charge >= 0.3 is 23.9 Å². The van der Waals surface area contributed by atoms with E-state index in [0.717, 1.165) is 24.3 Å². The zero-order valence-corrected chi connectivity index (χ0v) is 15.0. The van der Waals surface area contributed by atoms with Crippen LogP contribution in [0.2, 0.25) is 0 Å². The van der Waals surface area contributed by atoms with Gasteiger partial charge in [-0.15, -0.1) is 0 Å². The number of hydrogen-bond acceptors (Lipinski definition) is 12. The normalized spacial score (nSPS) is 7.31. The van der Waals surface area contributed by atoms with E-state index in [-0.39, 0.29) is 7.43 Å². The van der Waals surface area contributed by atoms with Crippen molar-refractivity contribution in [2.75, 3.05) is 27.2 Å². The molecule has 0 aliphatic carbocycles. The van der Waals surface area contributed by atoms with E-state index in [1.54, 1.807) is 0 Å². The van der Waals surface area contributed by atoms with Gasteiger partial charge in [-0.2, -0.15) is 0 Å². The van der Waals surface area contributed by atoms with Crippen LogP contribution in [0.4, 0.5) is 0 Å². The summed E-state index contributed by atoms with van der Waals surface area (Å²) in [5.74, 6) is -2.44. The molecular weight excluding hydrogens is 396 g/mol. The van der Waals surface area contributed by atoms with E-state index in [1.165, 1.54) is 0 Å². The minimum absolute atomic E-state index is 0. The number of hydrogen-bond donors (Lipinski definition) is 4. The van der Waals surface area contributed by atoms with Crippen LogP contribution in [-0.2, 0) is 38.1 Å². The minimum Gasteiger partial charge on any atom is -0.436 e. The number of carbonyl (C=O) groups is 4. The van der Waals surface area contributed by atoms with Crippen LogP contribution in [0.3, 0.4) is 0 Å². The predicted octanol–water partition coefficient (Wildman–Crippen LogP) is -0.702. The number of rotatable bonds is 8. The number of esters is 4. The molecule has 0 aromatic rings. The lowest BCUT2D eigenvalue weighted by molar-refractivity contribution is -0.146. The molecule has 29 heavy (non-hydrogen) atoms. The first-order valence-electron chi connectivity index (χ1n) is 6.84. The fourth-order valence-electron chi connectivity index (χ4n) is 0.490. The molecule has 12 heteroatoms. The fourth-order valence-corrected chi connectivity index (χ4v) is 0.490. The van der Waals surface area contributed by atoms with Gasteiger partial charge in [0.05, 0.1) is 0 Å². The molecule has 0 aromatic heterocycles. The van der Waals surface area contributed by atoms with Gasteiger partial charge in [0.25, 0.3) is 0 Å². The van der Waals surface area contributed by atoms with E-state index < -0.39 is 51.0 Å². The average molecular weight is 424 g/mol. The zero-order valence-electron chi connectivity index (χ0n) is 15.0. The van der Waals surface area contributed by atoms with Crippen molar-refractivity contribution in [1.82, 2.24) is 0 Å². The second kappa shape index (κ2) is 32.4. The summed E-state index contributed by atoms with van der Waals surface area (Å²) in [6, 6.07) is 0. The van der Waals surface area contributed by atoms with Crippen LogP contribution in [-0.4, -0.2) is 71.5 Å². The van der Waals surface area contributed by atoms with Gasteiger partial charge in [0.2, 0.25) is 0 Å². The topological polar surface area (TPSA) is 186 Å². The second-order valence-corrected chi connectivity index (χ2v) is 3.19. The van der Waals surface area contributed by atoms with Crippen molar-refractivity contribution in [2.45, 2.75) is 7.43 Å². The van der Waals surface area contributed by atoms with Gasteiger partial charge in [0.15, 0.2) is 27.2 Å². The number of ether oxygens (including phenoxy) is 4. The standard InChI is InChI=1S/4C4H6O3.CH4/c4*1-2-4(6)7-3-5;/h4*2,5H,1,3H2;1H4. The fraction of sp³-hybridized carbons (Fsp3) is 0.294. The van der Waals surface area contributed by atoms with Crippen LogP contribution in [0, 0.1) is 0 Å². The monoisotopic (exact) mass is 424 g/mol. The average Bonchev–Trinajstić information content (AvgIpc) is 2.70. The summed E-state index contributed by atoms with van der Waals surface area (Å²) in [6.45, 7) is 10.1. The third-order valence-electron chi connectivity index (χ3n) is 1.49. The maximum absolute atomic E-state index is 9.91. The maximum Gasteiger partial charge on any atom is 0.332 e. The Morgan fingerprint density at radius 3 is 0.690 bits per heavy atom. The summed E-state index contributed by atoms with van der Waals surface area (Å²) in [5.41, 5.74) is 0. The molecule has 0 spiro atoms. The molecule has 0 bridgehead atoms. The summed E-state index contributed by atoms with van der Waals surface area (Å²) >= 11 is 0. The molecule has 0 rings (SSSR count). The molecule has 0 saturated carbocycles. The Balaban J connectivity index is -0.0000000873. The molecular formula is C17H28O12. The predicted molar refractivity (Wildman–Crippen MR) is 100 cm³/mol. The Morgan fingerprint density at radius 1 is 0.517 bits per heavy atom. The summed E-state index contributed by atoms with van der Waals surface area (Å²) in [5, 5.41) is 31.5. The van der Waals surface area contributed by atoms with Gasteiger partial charge in [0, 0.05) is 24.3 Å². The number of aliphatic hydroxyl groups excluding tert-OH is 4. The first-order valence-corrected chi connectivity index (χ1v) is 6.84. The lowest BCUT2D eigenvalue weighted by atomic mass is 10.7. The Morgan fingerprint density at radius 2 is 0.655 bits per heavy atom. The third kappa shape index (κ3) is 45.6. The minimum atomic E-state index is -0.609. The molecule has 0 unspecified atom stereocenters. The van der Waals surface area contributed by atoms with E-state index in [2.05, 4.69) is 45.3 Å². The molecule has 0 fully saturated rings. The zero-order chi connectivity index (χ0) is 22.8. The van der Waals surface area contributed by atoms with Crippen LogP contribution in [0.25, 0.3) is 0 Å². The van der Waals surface area contributed by atoms with Crippen LogP contribution in [0.15, 0.2) is 50.6 Å². The summed E-state index contributed by atoms with van der Waals surface area (Å²) < 4.78 is 16.0. The highest BCUT2D eigenvalue weighted by Gasteiger charge is 1.89. The Hall–Kier alpha value is -3.32. The second-order valence-electron chi connectivity index (χ2n) is 3.19. The van der Waals surface area contributed by atoms with E-state index in [0.29, 0.717) is 0 Å². The Labute approximate surface area is 168 Å². The van der Waals surface area contributed by atoms with Gasteiger partial charge < -0.3 is 39.4 Å². The molecule has 0 radical (unpaired) electrons. The van der Waals surface area contributed by atoms with Crippen molar-refractivity contribution in [2.24, 2.45) is 0 Å². The lowest BCUT2D eigenvalue weighted by Gasteiger charge is -1.89. The highest BCUT2D eigenvalue weighted by Crippen LogP contribution is 1.74. The molecule has 0 amide bonds. The summed E-state index contributed by atoms with van der Waals surface area (Å²) in [4.78, 5) is 39.6. The van der Waals surface area contributed by atoms with Gasteiger partial charge in [0.1, 0.15) is 0 Å². The lowest BCUT2D eigenvalue weighted by Crippen LogP contribution is -1.99. The molecule has 0 heterocycles. The summed E-state index contributed by atoms with van der Waals surface area (Å²) in [7, 11) is 0. The van der Waals surface area contributed by atoms with Crippen LogP contribution in [0.5, 0.6) is 0 Å². The van der Waals surface area contributed by atoms with Gasteiger partial charge in [-0.3, -0.25) is 0 Å². The molecule has 12 nitrogen and oxygen atoms in total. The third-order valence-corrected chi connectivity index (χ3v) is 1.49. The Bertz CT molecular complexity index is 397. The van der Waals surface area contributed by atoms with Crippen molar-refractivity contribution in [3.05, 3.63) is 50.6 Å². The van der Waals surface area contributed by atoms with Gasteiger partial charge in [-0.05, 0) is 0 Å².